The summed E-state index contributed by atoms with van der Waals surface area (Å²) in [4.78, 5) is 2.25. The molecule has 0 amide bonds. The molecule has 5 heteroatoms. The molecule has 0 fully saturated rings. The first-order chi connectivity index (χ1) is 10.2. The number of ether oxygens (including phenoxy) is 3. The maximum Gasteiger partial charge on any atom is 0.231 e. The second kappa shape index (κ2) is 7.64. The van der Waals surface area contributed by atoms with Crippen molar-refractivity contribution in [3.63, 3.8) is 0 Å². The molecule has 0 aromatic heterocycles. The Balaban J connectivity index is 2.02. The van der Waals surface area contributed by atoms with E-state index < -0.39 is 6.10 Å². The fourth-order valence-corrected chi connectivity index (χ4v) is 2.41. The number of hydrogen-bond acceptors (Lipinski definition) is 5. The van der Waals surface area contributed by atoms with Gasteiger partial charge in [0.25, 0.3) is 0 Å². The minimum absolute atomic E-state index is 0.252. The Kier molecular flexibility index (Phi) is 5.85. The molecule has 2 rings (SSSR count). The van der Waals surface area contributed by atoms with Gasteiger partial charge in [0, 0.05) is 26.2 Å². The first kappa shape index (κ1) is 16.1. The smallest absolute Gasteiger partial charge is 0.231 e. The molecular weight excluding hydrogens is 270 g/mol. The topological polar surface area (TPSA) is 51.2 Å². The van der Waals surface area contributed by atoms with Crippen LogP contribution >= 0.6 is 0 Å². The predicted octanol–water partition coefficient (Wildman–Crippen LogP) is 2.20. The summed E-state index contributed by atoms with van der Waals surface area (Å²) in [5.41, 5.74) is 0.852. The van der Waals surface area contributed by atoms with Crippen LogP contribution in [-0.4, -0.2) is 49.6 Å². The Morgan fingerprint density at radius 3 is 2.81 bits per heavy atom. The van der Waals surface area contributed by atoms with Crippen LogP contribution in [0.2, 0.25) is 0 Å². The number of methoxy groups -OCH3 is 1. The van der Waals surface area contributed by atoms with Crippen LogP contribution in [-0.2, 0) is 4.74 Å². The van der Waals surface area contributed by atoms with Gasteiger partial charge < -0.3 is 19.3 Å². The maximum atomic E-state index is 10.5. The molecule has 0 bridgehead atoms. The van der Waals surface area contributed by atoms with Crippen LogP contribution in [0.25, 0.3) is 0 Å². The van der Waals surface area contributed by atoms with Crippen LogP contribution in [0.4, 0.5) is 0 Å². The Hall–Kier alpha value is -1.30. The summed E-state index contributed by atoms with van der Waals surface area (Å²) in [7, 11) is 1.70. The highest BCUT2D eigenvalue weighted by Gasteiger charge is 2.20. The normalized spacial score (nSPS) is 16.2. The molecule has 0 spiro atoms. The highest BCUT2D eigenvalue weighted by Crippen LogP contribution is 2.34. The van der Waals surface area contributed by atoms with Gasteiger partial charge in [-0.15, -0.1) is 0 Å². The molecule has 1 aliphatic heterocycles. The van der Waals surface area contributed by atoms with E-state index in [0.29, 0.717) is 24.9 Å². The highest BCUT2D eigenvalue weighted by molar-refractivity contribution is 5.45. The third-order valence-electron chi connectivity index (χ3n) is 3.99. The van der Waals surface area contributed by atoms with Crippen LogP contribution in [0.3, 0.4) is 0 Å². The summed E-state index contributed by atoms with van der Waals surface area (Å²) in [5.74, 6) is 1.45. The fourth-order valence-electron chi connectivity index (χ4n) is 2.41. The lowest BCUT2D eigenvalue weighted by atomic mass is 10.1. The van der Waals surface area contributed by atoms with Gasteiger partial charge in [-0.25, -0.2) is 0 Å². The third-order valence-corrected chi connectivity index (χ3v) is 3.99. The van der Waals surface area contributed by atoms with E-state index in [0.717, 1.165) is 24.3 Å². The Morgan fingerprint density at radius 2 is 2.10 bits per heavy atom. The quantitative estimate of drug-likeness (QED) is 0.797. The van der Waals surface area contributed by atoms with Crippen molar-refractivity contribution >= 4 is 0 Å². The number of aliphatic hydroxyl groups is 1. The van der Waals surface area contributed by atoms with E-state index in [-0.39, 0.29) is 6.79 Å². The standard InChI is InChI=1S/C16H25NO4/c1-4-12(2)17(7-8-19-3)10-14(18)13-5-6-15-16(9-13)21-11-20-15/h5-6,9,12,14,18H,4,7-8,10-11H2,1-3H3. The van der Waals surface area contributed by atoms with E-state index in [4.69, 9.17) is 14.2 Å². The second-order valence-electron chi connectivity index (χ2n) is 5.37. The molecule has 21 heavy (non-hydrogen) atoms. The van der Waals surface area contributed by atoms with E-state index in [9.17, 15) is 5.11 Å². The van der Waals surface area contributed by atoms with Crippen molar-refractivity contribution in [2.75, 3.05) is 33.6 Å². The summed E-state index contributed by atoms with van der Waals surface area (Å²) in [5, 5.41) is 10.5. The molecule has 2 unspecified atom stereocenters. The van der Waals surface area contributed by atoms with E-state index in [1.54, 1.807) is 7.11 Å². The van der Waals surface area contributed by atoms with Gasteiger partial charge in [-0.3, -0.25) is 4.90 Å². The number of aliphatic hydroxyl groups excluding tert-OH is 1. The summed E-state index contributed by atoms with van der Waals surface area (Å²) < 4.78 is 15.8. The summed E-state index contributed by atoms with van der Waals surface area (Å²) in [6, 6.07) is 6.01. The van der Waals surface area contributed by atoms with Gasteiger partial charge in [0.15, 0.2) is 11.5 Å². The second-order valence-corrected chi connectivity index (χ2v) is 5.37. The summed E-state index contributed by atoms with van der Waals surface area (Å²) in [6.07, 6.45) is 0.489. The molecule has 1 aromatic carbocycles. The van der Waals surface area contributed by atoms with E-state index in [1.165, 1.54) is 0 Å². The zero-order valence-electron chi connectivity index (χ0n) is 13.0. The van der Waals surface area contributed by atoms with Gasteiger partial charge in [0.05, 0.1) is 12.7 Å². The van der Waals surface area contributed by atoms with Crippen molar-refractivity contribution in [2.24, 2.45) is 0 Å². The lowest BCUT2D eigenvalue weighted by Crippen LogP contribution is -2.38. The van der Waals surface area contributed by atoms with E-state index in [2.05, 4.69) is 18.7 Å². The molecule has 1 aliphatic rings. The molecule has 2 atom stereocenters. The Bertz CT molecular complexity index is 452. The zero-order valence-corrected chi connectivity index (χ0v) is 13.0. The van der Waals surface area contributed by atoms with Crippen LogP contribution in [0, 0.1) is 0 Å². The molecule has 0 saturated heterocycles. The minimum Gasteiger partial charge on any atom is -0.454 e. The number of benzene rings is 1. The van der Waals surface area contributed by atoms with Gasteiger partial charge in [-0.05, 0) is 31.0 Å². The molecule has 0 radical (unpaired) electrons. The number of rotatable bonds is 8. The van der Waals surface area contributed by atoms with Crippen molar-refractivity contribution in [3.8, 4) is 11.5 Å². The largest absolute Gasteiger partial charge is 0.454 e. The Labute approximate surface area is 126 Å². The van der Waals surface area contributed by atoms with Gasteiger partial charge >= 0.3 is 0 Å². The maximum absolute atomic E-state index is 10.5. The molecule has 1 aromatic rings. The molecule has 0 saturated carbocycles. The monoisotopic (exact) mass is 295 g/mol. The van der Waals surface area contributed by atoms with Gasteiger partial charge in [-0.2, -0.15) is 0 Å². The molecular formula is C16H25NO4. The lowest BCUT2D eigenvalue weighted by molar-refractivity contribution is 0.0667. The van der Waals surface area contributed by atoms with Crippen LogP contribution < -0.4 is 9.47 Å². The fraction of sp³-hybridized carbons (Fsp3) is 0.625. The average molecular weight is 295 g/mol. The SMILES string of the molecule is CCC(C)N(CCOC)CC(O)c1ccc2c(c1)OCO2. The highest BCUT2D eigenvalue weighted by atomic mass is 16.7. The van der Waals surface area contributed by atoms with Gasteiger partial charge in [0.1, 0.15) is 0 Å². The summed E-state index contributed by atoms with van der Waals surface area (Å²) in [6.45, 7) is 6.63. The zero-order chi connectivity index (χ0) is 15.2. The molecule has 5 nitrogen and oxygen atoms in total. The van der Waals surface area contributed by atoms with Crippen LogP contribution in [0.1, 0.15) is 31.9 Å². The van der Waals surface area contributed by atoms with Crippen molar-refractivity contribution in [1.82, 2.24) is 4.90 Å². The first-order valence-electron chi connectivity index (χ1n) is 7.46. The van der Waals surface area contributed by atoms with Crippen molar-refractivity contribution in [2.45, 2.75) is 32.4 Å². The van der Waals surface area contributed by atoms with Gasteiger partial charge in [0.2, 0.25) is 6.79 Å². The predicted molar refractivity (Wildman–Crippen MR) is 80.7 cm³/mol. The summed E-state index contributed by atoms with van der Waals surface area (Å²) >= 11 is 0. The third kappa shape index (κ3) is 4.09. The van der Waals surface area contributed by atoms with Crippen molar-refractivity contribution in [3.05, 3.63) is 23.8 Å². The van der Waals surface area contributed by atoms with E-state index in [1.807, 2.05) is 18.2 Å². The van der Waals surface area contributed by atoms with Crippen LogP contribution in [0.15, 0.2) is 18.2 Å². The van der Waals surface area contributed by atoms with Crippen LogP contribution in [0.5, 0.6) is 11.5 Å². The number of fused-ring (bicyclic) bond motifs is 1. The molecule has 0 aliphatic carbocycles. The van der Waals surface area contributed by atoms with E-state index >= 15 is 0 Å². The average Bonchev–Trinajstić information content (AvgIpc) is 2.97. The molecule has 1 N–H and O–H groups in total. The van der Waals surface area contributed by atoms with Crippen molar-refractivity contribution in [1.29, 1.82) is 0 Å². The first-order valence-corrected chi connectivity index (χ1v) is 7.46. The number of hydrogen-bond donors (Lipinski definition) is 1. The number of nitrogens with zero attached hydrogens (tertiary/aromatic N) is 1. The molecule has 1 heterocycles. The molecule has 118 valence electrons. The minimum atomic E-state index is -0.551. The van der Waals surface area contributed by atoms with Gasteiger partial charge in [-0.1, -0.05) is 13.0 Å². The van der Waals surface area contributed by atoms with Crippen molar-refractivity contribution < 1.29 is 19.3 Å². The Morgan fingerprint density at radius 1 is 1.33 bits per heavy atom. The lowest BCUT2D eigenvalue weighted by Gasteiger charge is -2.30.